The summed E-state index contributed by atoms with van der Waals surface area (Å²) >= 11 is 0. The molecule has 0 aliphatic rings. The number of aromatic nitrogens is 2. The lowest BCUT2D eigenvalue weighted by Crippen LogP contribution is -2.12. The van der Waals surface area contributed by atoms with E-state index in [1.807, 2.05) is 25.1 Å². The summed E-state index contributed by atoms with van der Waals surface area (Å²) in [5, 5.41) is 11.1. The minimum atomic E-state index is -0.484. The van der Waals surface area contributed by atoms with Gasteiger partial charge in [-0.3, -0.25) is 10.1 Å². The number of carbonyl (C=O) groups excluding carboxylic acids is 2. The number of methoxy groups -OCH3 is 1. The minimum Gasteiger partial charge on any atom is -0.490 e. The van der Waals surface area contributed by atoms with E-state index in [0.29, 0.717) is 34.8 Å². The lowest BCUT2D eigenvalue weighted by Gasteiger charge is -2.02. The Hall–Kier alpha value is -4.14. The normalized spacial score (nSPS) is 10.7. The van der Waals surface area contributed by atoms with Crippen molar-refractivity contribution in [3.8, 4) is 17.4 Å². The number of nitrogens with zero attached hydrogens (tertiary/aromatic N) is 2. The number of anilines is 1. The van der Waals surface area contributed by atoms with Crippen LogP contribution in [-0.4, -0.2) is 35.8 Å². The zero-order valence-electron chi connectivity index (χ0n) is 16.2. The Morgan fingerprint density at radius 3 is 2.53 bits per heavy atom. The quantitative estimate of drug-likeness (QED) is 0.478. The third-order valence-corrected chi connectivity index (χ3v) is 4.23. The third-order valence-electron chi connectivity index (χ3n) is 4.23. The second-order valence-electron chi connectivity index (χ2n) is 6.15. The standard InChI is InChI=1S/C21H17N3O6/c1-3-28-15-6-4-5-14-11-16(29-17(14)15)19-23-24-21(30-19)22-18(25)12-7-9-13(10-8-12)20(26)27-2/h4-11H,3H2,1-2H3,(H,22,24,25). The van der Waals surface area contributed by atoms with Gasteiger partial charge in [0, 0.05) is 10.9 Å². The number of esters is 1. The van der Waals surface area contributed by atoms with Crippen LogP contribution in [0.5, 0.6) is 5.75 Å². The predicted octanol–water partition coefficient (Wildman–Crippen LogP) is 3.92. The first kappa shape index (κ1) is 19.2. The number of ether oxygens (including phenoxy) is 2. The maximum absolute atomic E-state index is 12.4. The average Bonchev–Trinajstić information content (AvgIpc) is 3.41. The number of hydrogen-bond donors (Lipinski definition) is 1. The van der Waals surface area contributed by atoms with Crippen molar-refractivity contribution in [2.24, 2.45) is 0 Å². The summed E-state index contributed by atoms with van der Waals surface area (Å²) in [5.74, 6) is 0.133. The summed E-state index contributed by atoms with van der Waals surface area (Å²) in [4.78, 5) is 23.8. The van der Waals surface area contributed by atoms with E-state index in [-0.39, 0.29) is 11.9 Å². The molecular weight excluding hydrogens is 390 g/mol. The smallest absolute Gasteiger partial charge is 0.337 e. The van der Waals surface area contributed by atoms with Gasteiger partial charge in [-0.15, -0.1) is 5.10 Å². The van der Waals surface area contributed by atoms with Gasteiger partial charge in [-0.05, 0) is 43.3 Å². The van der Waals surface area contributed by atoms with Gasteiger partial charge in [0.1, 0.15) is 0 Å². The molecule has 0 bridgehead atoms. The molecule has 0 fully saturated rings. The van der Waals surface area contributed by atoms with Crippen molar-refractivity contribution in [1.82, 2.24) is 10.2 Å². The van der Waals surface area contributed by atoms with Crippen LogP contribution in [0.3, 0.4) is 0 Å². The van der Waals surface area contributed by atoms with Crippen LogP contribution in [0.25, 0.3) is 22.6 Å². The van der Waals surface area contributed by atoms with E-state index in [4.69, 9.17) is 13.6 Å². The largest absolute Gasteiger partial charge is 0.490 e. The van der Waals surface area contributed by atoms with Gasteiger partial charge >= 0.3 is 12.0 Å². The van der Waals surface area contributed by atoms with Crippen molar-refractivity contribution in [2.75, 3.05) is 19.0 Å². The van der Waals surface area contributed by atoms with Crippen molar-refractivity contribution in [3.05, 3.63) is 59.7 Å². The maximum Gasteiger partial charge on any atom is 0.337 e. The Labute approximate surface area is 170 Å². The first-order chi connectivity index (χ1) is 14.6. The van der Waals surface area contributed by atoms with Crippen LogP contribution in [-0.2, 0) is 4.74 Å². The van der Waals surface area contributed by atoms with Gasteiger partial charge in [0.05, 0.1) is 19.3 Å². The number of hydrogen-bond acceptors (Lipinski definition) is 8. The van der Waals surface area contributed by atoms with E-state index in [9.17, 15) is 9.59 Å². The summed E-state index contributed by atoms with van der Waals surface area (Å²) in [5.41, 5.74) is 1.22. The van der Waals surface area contributed by atoms with Crippen molar-refractivity contribution >= 4 is 28.9 Å². The molecule has 2 aromatic carbocycles. The third kappa shape index (κ3) is 3.72. The van der Waals surface area contributed by atoms with Crippen LogP contribution in [0.15, 0.2) is 57.4 Å². The number of rotatable bonds is 6. The Balaban J connectivity index is 1.51. The van der Waals surface area contributed by atoms with Crippen molar-refractivity contribution < 1.29 is 27.9 Å². The van der Waals surface area contributed by atoms with Crippen LogP contribution in [0.1, 0.15) is 27.6 Å². The molecule has 0 saturated heterocycles. The molecule has 0 unspecified atom stereocenters. The van der Waals surface area contributed by atoms with E-state index in [2.05, 4.69) is 20.3 Å². The molecule has 30 heavy (non-hydrogen) atoms. The fourth-order valence-corrected chi connectivity index (χ4v) is 2.83. The Bertz CT molecular complexity index is 1210. The van der Waals surface area contributed by atoms with E-state index in [1.54, 1.807) is 6.07 Å². The lowest BCUT2D eigenvalue weighted by molar-refractivity contribution is 0.0600. The summed E-state index contributed by atoms with van der Waals surface area (Å²) in [6.07, 6.45) is 0. The SMILES string of the molecule is CCOc1cccc2cc(-c3nnc(NC(=O)c4ccc(C(=O)OC)cc4)o3)oc12. The van der Waals surface area contributed by atoms with E-state index in [1.165, 1.54) is 31.4 Å². The van der Waals surface area contributed by atoms with Gasteiger partial charge in [-0.2, -0.15) is 0 Å². The number of amides is 1. The molecule has 1 N–H and O–H groups in total. The van der Waals surface area contributed by atoms with E-state index >= 15 is 0 Å². The first-order valence-corrected chi connectivity index (χ1v) is 9.08. The molecule has 2 heterocycles. The fraction of sp³-hybridized carbons (Fsp3) is 0.143. The number of benzene rings is 2. The molecule has 2 aromatic heterocycles. The van der Waals surface area contributed by atoms with Crippen LogP contribution < -0.4 is 10.1 Å². The van der Waals surface area contributed by atoms with Gasteiger partial charge in [-0.1, -0.05) is 17.2 Å². The van der Waals surface area contributed by atoms with E-state index in [0.717, 1.165) is 5.39 Å². The second kappa shape index (κ2) is 8.08. The number of carbonyl (C=O) groups is 2. The number of furan rings is 1. The second-order valence-corrected chi connectivity index (χ2v) is 6.15. The lowest BCUT2D eigenvalue weighted by atomic mass is 10.1. The van der Waals surface area contributed by atoms with Gasteiger partial charge in [0.25, 0.3) is 11.8 Å². The molecule has 4 aromatic rings. The Kier molecular flexibility index (Phi) is 5.17. The summed E-state index contributed by atoms with van der Waals surface area (Å²) in [6, 6.07) is 13.2. The molecular formula is C21H17N3O6. The summed E-state index contributed by atoms with van der Waals surface area (Å²) in [6.45, 7) is 2.39. The summed E-state index contributed by atoms with van der Waals surface area (Å²) < 4.78 is 21.5. The van der Waals surface area contributed by atoms with Gasteiger partial charge < -0.3 is 18.3 Å². The highest BCUT2D eigenvalue weighted by molar-refractivity contribution is 6.03. The maximum atomic E-state index is 12.4. The molecule has 152 valence electrons. The predicted molar refractivity (Wildman–Crippen MR) is 106 cm³/mol. The first-order valence-electron chi connectivity index (χ1n) is 9.08. The molecule has 0 atom stereocenters. The molecule has 9 heteroatoms. The number of nitrogens with one attached hydrogen (secondary N) is 1. The van der Waals surface area contributed by atoms with Gasteiger partial charge in [0.15, 0.2) is 17.1 Å². The minimum absolute atomic E-state index is 0.0856. The van der Waals surface area contributed by atoms with Gasteiger partial charge in [-0.25, -0.2) is 4.79 Å². The molecule has 9 nitrogen and oxygen atoms in total. The molecule has 4 rings (SSSR count). The van der Waals surface area contributed by atoms with Crippen molar-refractivity contribution in [3.63, 3.8) is 0 Å². The van der Waals surface area contributed by atoms with E-state index < -0.39 is 11.9 Å². The summed E-state index contributed by atoms with van der Waals surface area (Å²) in [7, 11) is 1.29. The molecule has 0 radical (unpaired) electrons. The van der Waals surface area contributed by atoms with Crippen LogP contribution >= 0.6 is 0 Å². The highest BCUT2D eigenvalue weighted by atomic mass is 16.5. The van der Waals surface area contributed by atoms with Gasteiger partial charge in [0.2, 0.25) is 0 Å². The number of fused-ring (bicyclic) bond motifs is 1. The molecule has 0 saturated carbocycles. The zero-order valence-corrected chi connectivity index (χ0v) is 16.2. The van der Waals surface area contributed by atoms with Crippen LogP contribution in [0.4, 0.5) is 6.01 Å². The van der Waals surface area contributed by atoms with Crippen LogP contribution in [0, 0.1) is 0 Å². The van der Waals surface area contributed by atoms with Crippen LogP contribution in [0.2, 0.25) is 0 Å². The van der Waals surface area contributed by atoms with Crippen molar-refractivity contribution in [2.45, 2.75) is 6.92 Å². The molecule has 0 spiro atoms. The monoisotopic (exact) mass is 407 g/mol. The average molecular weight is 407 g/mol. The highest BCUT2D eigenvalue weighted by Crippen LogP contribution is 2.33. The topological polar surface area (TPSA) is 117 Å². The highest BCUT2D eigenvalue weighted by Gasteiger charge is 2.18. The Morgan fingerprint density at radius 1 is 1.03 bits per heavy atom. The number of para-hydroxylation sites is 1. The molecule has 0 aliphatic carbocycles. The molecule has 0 aliphatic heterocycles. The van der Waals surface area contributed by atoms with Crippen molar-refractivity contribution in [1.29, 1.82) is 0 Å². The Morgan fingerprint density at radius 2 is 1.80 bits per heavy atom. The zero-order chi connectivity index (χ0) is 21.1. The molecule has 1 amide bonds. The fourth-order valence-electron chi connectivity index (χ4n) is 2.83.